The van der Waals surface area contributed by atoms with E-state index in [1.165, 1.54) is 12.1 Å². The number of carboxylic acids is 1. The SMILES string of the molecule is NC(CCC(=O)O)C(=O)Nc1ccccc1B(O)O. The summed E-state index contributed by atoms with van der Waals surface area (Å²) >= 11 is 0. The molecule has 0 spiro atoms. The molecule has 0 bridgehead atoms. The molecule has 8 heteroatoms. The Kier molecular flexibility index (Phi) is 5.49. The molecular weight excluding hydrogens is 251 g/mol. The van der Waals surface area contributed by atoms with Gasteiger partial charge in [0.2, 0.25) is 5.91 Å². The molecule has 1 rings (SSSR count). The molecular formula is C11H15BN2O5. The van der Waals surface area contributed by atoms with Crippen LogP contribution < -0.4 is 16.5 Å². The van der Waals surface area contributed by atoms with Crippen LogP contribution >= 0.6 is 0 Å². The number of nitrogens with two attached hydrogens (primary N) is 1. The third kappa shape index (κ3) is 4.70. The fraction of sp³-hybridized carbons (Fsp3) is 0.273. The van der Waals surface area contributed by atoms with Crippen LogP contribution in [0, 0.1) is 0 Å². The van der Waals surface area contributed by atoms with Crippen molar-refractivity contribution in [3.8, 4) is 0 Å². The van der Waals surface area contributed by atoms with Gasteiger partial charge in [0.1, 0.15) is 0 Å². The molecule has 1 atom stereocenters. The lowest BCUT2D eigenvalue weighted by Crippen LogP contribution is -2.39. The second-order valence-electron chi connectivity index (χ2n) is 3.99. The molecule has 0 radical (unpaired) electrons. The van der Waals surface area contributed by atoms with E-state index in [1.54, 1.807) is 12.1 Å². The van der Waals surface area contributed by atoms with Gasteiger partial charge in [0.05, 0.1) is 6.04 Å². The Labute approximate surface area is 110 Å². The normalized spacial score (nSPS) is 11.7. The molecule has 0 saturated carbocycles. The summed E-state index contributed by atoms with van der Waals surface area (Å²) in [7, 11) is -1.72. The maximum Gasteiger partial charge on any atom is 0.490 e. The molecule has 1 aromatic rings. The van der Waals surface area contributed by atoms with Crippen LogP contribution in [-0.4, -0.2) is 40.2 Å². The quantitative estimate of drug-likeness (QED) is 0.398. The zero-order chi connectivity index (χ0) is 14.4. The zero-order valence-electron chi connectivity index (χ0n) is 10.1. The van der Waals surface area contributed by atoms with Crippen molar-refractivity contribution in [2.45, 2.75) is 18.9 Å². The van der Waals surface area contributed by atoms with Gasteiger partial charge in [0.15, 0.2) is 0 Å². The molecule has 0 aromatic heterocycles. The van der Waals surface area contributed by atoms with E-state index in [0.717, 1.165) is 0 Å². The van der Waals surface area contributed by atoms with Crippen molar-refractivity contribution in [3.63, 3.8) is 0 Å². The fourth-order valence-corrected chi connectivity index (χ4v) is 1.47. The number of aliphatic carboxylic acids is 1. The lowest BCUT2D eigenvalue weighted by Gasteiger charge is -2.14. The fourth-order valence-electron chi connectivity index (χ4n) is 1.47. The van der Waals surface area contributed by atoms with E-state index in [-0.39, 0.29) is 24.0 Å². The van der Waals surface area contributed by atoms with Crippen LogP contribution in [0.1, 0.15) is 12.8 Å². The Bertz CT molecular complexity index is 466. The number of carbonyl (C=O) groups excluding carboxylic acids is 1. The first kappa shape index (κ1) is 15.2. The van der Waals surface area contributed by atoms with Gasteiger partial charge in [0.25, 0.3) is 0 Å². The van der Waals surface area contributed by atoms with Crippen molar-refractivity contribution in [1.82, 2.24) is 0 Å². The largest absolute Gasteiger partial charge is 0.490 e. The number of hydrogen-bond donors (Lipinski definition) is 5. The molecule has 0 aliphatic rings. The van der Waals surface area contributed by atoms with E-state index in [1.807, 2.05) is 0 Å². The monoisotopic (exact) mass is 266 g/mol. The highest BCUT2D eigenvalue weighted by molar-refractivity contribution is 6.60. The van der Waals surface area contributed by atoms with Crippen molar-refractivity contribution in [3.05, 3.63) is 24.3 Å². The van der Waals surface area contributed by atoms with Crippen LogP contribution in [0.15, 0.2) is 24.3 Å². The number of hydrogen-bond acceptors (Lipinski definition) is 5. The second kappa shape index (κ2) is 6.88. The van der Waals surface area contributed by atoms with Gasteiger partial charge in [-0.15, -0.1) is 0 Å². The van der Waals surface area contributed by atoms with Gasteiger partial charge in [-0.1, -0.05) is 18.2 Å². The Morgan fingerprint density at radius 1 is 1.32 bits per heavy atom. The van der Waals surface area contributed by atoms with Crippen molar-refractivity contribution in [1.29, 1.82) is 0 Å². The van der Waals surface area contributed by atoms with Crippen molar-refractivity contribution in [2.24, 2.45) is 5.73 Å². The Balaban J connectivity index is 2.69. The first-order valence-electron chi connectivity index (χ1n) is 5.65. The third-order valence-corrected chi connectivity index (χ3v) is 2.50. The molecule has 0 fully saturated rings. The van der Waals surface area contributed by atoms with E-state index < -0.39 is 25.0 Å². The van der Waals surface area contributed by atoms with E-state index >= 15 is 0 Å². The molecule has 0 aliphatic carbocycles. The van der Waals surface area contributed by atoms with Crippen molar-refractivity contribution >= 4 is 30.1 Å². The smallest absolute Gasteiger partial charge is 0.481 e. The summed E-state index contributed by atoms with van der Waals surface area (Å²) < 4.78 is 0. The van der Waals surface area contributed by atoms with Gasteiger partial charge in [-0.05, 0) is 12.5 Å². The predicted molar refractivity (Wildman–Crippen MR) is 69.7 cm³/mol. The summed E-state index contributed by atoms with van der Waals surface area (Å²) in [6.45, 7) is 0. The molecule has 1 amide bonds. The standard InChI is InChI=1S/C11H15BN2O5/c13-8(5-6-10(15)16)11(17)14-9-4-2-1-3-7(9)12(18)19/h1-4,8,18-19H,5-6,13H2,(H,14,17)(H,15,16). The number of carboxylic acid groups (broad SMARTS) is 1. The number of para-hydroxylation sites is 1. The Morgan fingerprint density at radius 3 is 2.53 bits per heavy atom. The Hall–Kier alpha value is -1.90. The van der Waals surface area contributed by atoms with Gasteiger partial charge in [-0.2, -0.15) is 0 Å². The maximum atomic E-state index is 11.7. The average molecular weight is 266 g/mol. The highest BCUT2D eigenvalue weighted by atomic mass is 16.4. The van der Waals surface area contributed by atoms with Crippen molar-refractivity contribution < 1.29 is 24.7 Å². The minimum Gasteiger partial charge on any atom is -0.481 e. The predicted octanol–water partition coefficient (Wildman–Crippen LogP) is -1.50. The molecule has 102 valence electrons. The lowest BCUT2D eigenvalue weighted by molar-refractivity contribution is -0.137. The van der Waals surface area contributed by atoms with Crippen LogP contribution in [-0.2, 0) is 9.59 Å². The summed E-state index contributed by atoms with van der Waals surface area (Å²) in [4.78, 5) is 22.1. The summed E-state index contributed by atoms with van der Waals surface area (Å²) in [6, 6.07) is 5.18. The Morgan fingerprint density at radius 2 is 1.95 bits per heavy atom. The van der Waals surface area contributed by atoms with Gasteiger partial charge < -0.3 is 26.2 Å². The van der Waals surface area contributed by atoms with Gasteiger partial charge >= 0.3 is 13.1 Å². The van der Waals surface area contributed by atoms with E-state index in [0.29, 0.717) is 0 Å². The lowest BCUT2D eigenvalue weighted by atomic mass is 9.79. The van der Waals surface area contributed by atoms with Crippen LogP contribution in [0.4, 0.5) is 5.69 Å². The molecule has 7 nitrogen and oxygen atoms in total. The molecule has 1 aromatic carbocycles. The molecule has 0 saturated heterocycles. The van der Waals surface area contributed by atoms with Crippen LogP contribution in [0.3, 0.4) is 0 Å². The molecule has 0 aliphatic heterocycles. The number of rotatable bonds is 6. The van der Waals surface area contributed by atoms with E-state index in [9.17, 15) is 9.59 Å². The molecule has 19 heavy (non-hydrogen) atoms. The van der Waals surface area contributed by atoms with Crippen LogP contribution in [0.5, 0.6) is 0 Å². The number of nitrogens with one attached hydrogen (secondary N) is 1. The van der Waals surface area contributed by atoms with E-state index in [2.05, 4.69) is 5.32 Å². The summed E-state index contributed by atoms with van der Waals surface area (Å²) in [5.74, 6) is -1.61. The number of benzene rings is 1. The molecule has 1 unspecified atom stereocenters. The molecule has 0 heterocycles. The van der Waals surface area contributed by atoms with Crippen LogP contribution in [0.25, 0.3) is 0 Å². The number of carbonyl (C=O) groups is 2. The van der Waals surface area contributed by atoms with Crippen LogP contribution in [0.2, 0.25) is 0 Å². The van der Waals surface area contributed by atoms with Gasteiger partial charge in [-0.25, -0.2) is 0 Å². The second-order valence-corrected chi connectivity index (χ2v) is 3.99. The number of anilines is 1. The van der Waals surface area contributed by atoms with Crippen molar-refractivity contribution in [2.75, 3.05) is 5.32 Å². The van der Waals surface area contributed by atoms with Gasteiger partial charge in [0, 0.05) is 17.6 Å². The third-order valence-electron chi connectivity index (χ3n) is 2.50. The topological polar surface area (TPSA) is 133 Å². The first-order chi connectivity index (χ1) is 8.91. The summed E-state index contributed by atoms with van der Waals surface area (Å²) in [5.41, 5.74) is 5.91. The number of amides is 1. The minimum atomic E-state index is -1.72. The van der Waals surface area contributed by atoms with Gasteiger partial charge in [-0.3, -0.25) is 9.59 Å². The average Bonchev–Trinajstić information content (AvgIpc) is 2.36. The van der Waals surface area contributed by atoms with E-state index in [4.69, 9.17) is 20.9 Å². The zero-order valence-corrected chi connectivity index (χ0v) is 10.1. The maximum absolute atomic E-state index is 11.7. The first-order valence-corrected chi connectivity index (χ1v) is 5.65. The summed E-state index contributed by atoms with van der Waals surface area (Å²) in [6.07, 6.45) is -0.204. The summed E-state index contributed by atoms with van der Waals surface area (Å²) in [5, 5.41) is 29.2. The minimum absolute atomic E-state index is 0.00497. The highest BCUT2D eigenvalue weighted by Crippen LogP contribution is 2.05. The highest BCUT2D eigenvalue weighted by Gasteiger charge is 2.19. The molecule has 6 N–H and O–H groups in total.